The first-order valence-corrected chi connectivity index (χ1v) is 7.39. The Kier molecular flexibility index (Phi) is 5.46. The quantitative estimate of drug-likeness (QED) is 0.781. The number of hydrogen-bond acceptors (Lipinski definition) is 4. The monoisotopic (exact) mass is 316 g/mol. The normalized spacial score (nSPS) is 16.2. The number of amides is 4. The number of piperazine rings is 1. The third-order valence-corrected chi connectivity index (χ3v) is 3.66. The summed E-state index contributed by atoms with van der Waals surface area (Å²) >= 11 is 0. The van der Waals surface area contributed by atoms with Crippen molar-refractivity contribution in [3.8, 4) is 0 Å². The number of rotatable bonds is 5. The summed E-state index contributed by atoms with van der Waals surface area (Å²) < 4.78 is 0. The van der Waals surface area contributed by atoms with E-state index < -0.39 is 23.9 Å². The van der Waals surface area contributed by atoms with Crippen LogP contribution in [0.1, 0.15) is 12.5 Å². The Morgan fingerprint density at radius 3 is 2.52 bits per heavy atom. The summed E-state index contributed by atoms with van der Waals surface area (Å²) in [6.45, 7) is 2.58. The molecule has 7 nitrogen and oxygen atoms in total. The van der Waals surface area contributed by atoms with Gasteiger partial charge in [-0.25, -0.2) is 4.79 Å². The third kappa shape index (κ3) is 3.94. The van der Waals surface area contributed by atoms with Gasteiger partial charge in [0, 0.05) is 26.1 Å². The van der Waals surface area contributed by atoms with E-state index in [4.69, 9.17) is 0 Å². The Hall–Kier alpha value is -2.70. The van der Waals surface area contributed by atoms with Crippen molar-refractivity contribution in [2.24, 2.45) is 0 Å². The van der Waals surface area contributed by atoms with Crippen LogP contribution < -0.4 is 5.32 Å². The van der Waals surface area contributed by atoms with Crippen LogP contribution in [0.4, 0.5) is 4.79 Å². The van der Waals surface area contributed by atoms with Gasteiger partial charge in [0.15, 0.2) is 0 Å². The van der Waals surface area contributed by atoms with E-state index in [1.54, 1.807) is 13.2 Å². The highest BCUT2D eigenvalue weighted by Gasteiger charge is 2.35. The van der Waals surface area contributed by atoms with Gasteiger partial charge in [-0.05, 0) is 12.5 Å². The predicted octanol–water partition coefficient (Wildman–Crippen LogP) is 0.108. The molecule has 1 heterocycles. The molecule has 4 amide bonds. The molecule has 1 saturated heterocycles. The fraction of sp³-hybridized carbons (Fsp3) is 0.375. The zero-order valence-electron chi connectivity index (χ0n) is 12.8. The number of nitrogens with zero attached hydrogens (tertiary/aromatic N) is 2. The van der Waals surface area contributed by atoms with E-state index in [2.05, 4.69) is 5.32 Å². The van der Waals surface area contributed by atoms with Crippen molar-refractivity contribution in [1.82, 2.24) is 15.1 Å². The topological polar surface area (TPSA) is 86.8 Å². The molecule has 0 bridgehead atoms. The first kappa shape index (κ1) is 16.7. The van der Waals surface area contributed by atoms with E-state index in [0.717, 1.165) is 10.5 Å². The van der Waals surface area contributed by atoms with E-state index in [1.807, 2.05) is 30.3 Å². The number of carbonyl (C=O) groups excluding carboxylic acids is 4. The Labute approximate surface area is 134 Å². The second kappa shape index (κ2) is 7.53. The molecule has 1 radical (unpaired) electrons. The highest BCUT2D eigenvalue weighted by molar-refractivity contribution is 6.38. The van der Waals surface area contributed by atoms with Crippen molar-refractivity contribution >= 4 is 24.1 Å². The zero-order valence-corrected chi connectivity index (χ0v) is 12.8. The van der Waals surface area contributed by atoms with Crippen molar-refractivity contribution in [2.45, 2.75) is 19.4 Å². The lowest BCUT2D eigenvalue weighted by Gasteiger charge is -2.32. The van der Waals surface area contributed by atoms with Gasteiger partial charge in [0.1, 0.15) is 6.04 Å². The van der Waals surface area contributed by atoms with Gasteiger partial charge >= 0.3 is 17.8 Å². The summed E-state index contributed by atoms with van der Waals surface area (Å²) in [5.74, 6) is -1.58. The molecule has 1 atom stereocenters. The van der Waals surface area contributed by atoms with Crippen LogP contribution in [0.5, 0.6) is 0 Å². The minimum atomic E-state index is -0.878. The number of urea groups is 1. The minimum Gasteiger partial charge on any atom is -0.333 e. The van der Waals surface area contributed by atoms with E-state index >= 15 is 0 Å². The number of likely N-dealkylation sites (N-methyl/N-ethyl adjacent to an activating group) is 1. The summed E-state index contributed by atoms with van der Waals surface area (Å²) in [5.41, 5.74) is 0.861. The van der Waals surface area contributed by atoms with Gasteiger partial charge < -0.3 is 10.2 Å². The molecule has 23 heavy (non-hydrogen) atoms. The molecule has 7 heteroatoms. The van der Waals surface area contributed by atoms with Crippen LogP contribution in [0.2, 0.25) is 0 Å². The number of carbonyl (C=O) groups is 3. The molecule has 0 aliphatic carbocycles. The average Bonchev–Trinajstić information content (AvgIpc) is 2.57. The molecule has 1 aliphatic rings. The summed E-state index contributed by atoms with van der Waals surface area (Å²) in [6, 6.07) is 7.52. The van der Waals surface area contributed by atoms with Gasteiger partial charge in [-0.1, -0.05) is 30.3 Å². The van der Waals surface area contributed by atoms with Gasteiger partial charge in [0.25, 0.3) is 0 Å². The van der Waals surface area contributed by atoms with Crippen LogP contribution in [-0.4, -0.2) is 59.6 Å². The molecule has 0 spiro atoms. The smallest absolute Gasteiger partial charge is 0.325 e. The lowest BCUT2D eigenvalue weighted by Crippen LogP contribution is -2.59. The Balaban J connectivity index is 1.98. The zero-order chi connectivity index (χ0) is 16.8. The molecule has 1 fully saturated rings. The standard InChI is InChI=1S/C16H18N3O4/c1-2-18-8-9-19(15(22)14(18)21)16(23)17-13(11-20)10-12-6-4-3-5-7-12/h3-7,13H,2,8-10H2,1H3,(H,17,23). The van der Waals surface area contributed by atoms with Gasteiger partial charge in [-0.3, -0.25) is 19.3 Å². The highest BCUT2D eigenvalue weighted by Crippen LogP contribution is 2.07. The maximum Gasteiger partial charge on any atom is 0.325 e. The minimum absolute atomic E-state index is 0.112. The van der Waals surface area contributed by atoms with E-state index in [0.29, 0.717) is 13.1 Å². The van der Waals surface area contributed by atoms with Gasteiger partial charge in [0.2, 0.25) is 6.29 Å². The van der Waals surface area contributed by atoms with Crippen LogP contribution in [0.25, 0.3) is 0 Å². The number of imide groups is 1. The van der Waals surface area contributed by atoms with E-state index in [1.165, 1.54) is 4.90 Å². The molecule has 1 N–H and O–H groups in total. The molecular weight excluding hydrogens is 298 g/mol. The van der Waals surface area contributed by atoms with Crippen molar-refractivity contribution in [1.29, 1.82) is 0 Å². The van der Waals surface area contributed by atoms with Crippen LogP contribution >= 0.6 is 0 Å². The summed E-state index contributed by atoms with van der Waals surface area (Å²) in [6.07, 6.45) is 2.02. The first-order valence-electron chi connectivity index (χ1n) is 7.39. The van der Waals surface area contributed by atoms with Crippen molar-refractivity contribution in [3.05, 3.63) is 35.9 Å². The van der Waals surface area contributed by atoms with Crippen LogP contribution in [0.3, 0.4) is 0 Å². The SMILES string of the molecule is CCN1CCN(C(=O)NC([C]=O)Cc2ccccc2)C(=O)C1=O. The Bertz CT molecular complexity index is 603. The average molecular weight is 316 g/mol. The second-order valence-electron chi connectivity index (χ2n) is 5.15. The van der Waals surface area contributed by atoms with Crippen LogP contribution in [0, 0.1) is 0 Å². The van der Waals surface area contributed by atoms with Crippen LogP contribution in [0.15, 0.2) is 30.3 Å². The molecule has 1 aromatic rings. The van der Waals surface area contributed by atoms with Crippen molar-refractivity contribution in [3.63, 3.8) is 0 Å². The van der Waals surface area contributed by atoms with Crippen molar-refractivity contribution in [2.75, 3.05) is 19.6 Å². The lowest BCUT2D eigenvalue weighted by atomic mass is 10.1. The fourth-order valence-electron chi connectivity index (χ4n) is 2.37. The second-order valence-corrected chi connectivity index (χ2v) is 5.15. The lowest BCUT2D eigenvalue weighted by molar-refractivity contribution is -0.153. The van der Waals surface area contributed by atoms with E-state index in [9.17, 15) is 19.2 Å². The number of hydrogen-bond donors (Lipinski definition) is 1. The summed E-state index contributed by atoms with van der Waals surface area (Å²) in [4.78, 5) is 49.2. The molecule has 1 aliphatic heterocycles. The Morgan fingerprint density at radius 1 is 1.22 bits per heavy atom. The molecule has 2 rings (SSSR count). The third-order valence-electron chi connectivity index (χ3n) is 3.66. The molecule has 0 aromatic heterocycles. The highest BCUT2D eigenvalue weighted by atomic mass is 16.2. The molecule has 1 unspecified atom stereocenters. The summed E-state index contributed by atoms with van der Waals surface area (Å²) in [5, 5.41) is 2.44. The Morgan fingerprint density at radius 2 is 1.91 bits per heavy atom. The predicted molar refractivity (Wildman–Crippen MR) is 82.1 cm³/mol. The van der Waals surface area contributed by atoms with Crippen molar-refractivity contribution < 1.29 is 19.2 Å². The first-order chi connectivity index (χ1) is 11.1. The fourth-order valence-corrected chi connectivity index (χ4v) is 2.37. The number of benzene rings is 1. The summed E-state index contributed by atoms with van der Waals surface area (Å²) in [7, 11) is 0. The van der Waals surface area contributed by atoms with E-state index in [-0.39, 0.29) is 13.0 Å². The molecule has 0 saturated carbocycles. The largest absolute Gasteiger partial charge is 0.333 e. The van der Waals surface area contributed by atoms with Gasteiger partial charge in [-0.2, -0.15) is 0 Å². The maximum absolute atomic E-state index is 12.2. The maximum atomic E-state index is 12.2. The van der Waals surface area contributed by atoms with Gasteiger partial charge in [-0.15, -0.1) is 0 Å². The van der Waals surface area contributed by atoms with Gasteiger partial charge in [0.05, 0.1) is 0 Å². The molecule has 1 aromatic carbocycles. The van der Waals surface area contributed by atoms with Crippen LogP contribution in [-0.2, 0) is 20.8 Å². The number of nitrogens with one attached hydrogen (secondary N) is 1. The molecule has 121 valence electrons. The molecular formula is C16H18N3O4.